The van der Waals surface area contributed by atoms with Gasteiger partial charge in [0.25, 0.3) is 0 Å². The number of aliphatic hydroxyl groups excluding tert-OH is 1. The van der Waals surface area contributed by atoms with E-state index in [-0.39, 0.29) is 11.8 Å². The van der Waals surface area contributed by atoms with Crippen molar-refractivity contribution in [1.82, 2.24) is 15.1 Å². The monoisotopic (exact) mass is 515 g/mol. The standard InChI is InChI=1S/2C13H19NO2.C4H11N/c1-4-14(5-2)10-11-6-8-12(9-7-11)13(15)16-3;1-3-14(4-2)9-11-5-7-12(8-6-11)13(16)10-15;1-3-5-4-2/h6-9H,4-5,10H2,1-3H3;5-8,15H,3-4,9-10H2,1-2H3;5H,3-4H2,1-2H3. The number of hydrogen-bond acceptors (Lipinski definition) is 7. The Kier molecular flexibility index (Phi) is 20.0. The molecule has 208 valence electrons. The molecule has 0 aliphatic carbocycles. The fourth-order valence-electron chi connectivity index (χ4n) is 3.41. The van der Waals surface area contributed by atoms with Gasteiger partial charge in [-0.3, -0.25) is 14.6 Å². The summed E-state index contributed by atoms with van der Waals surface area (Å²) in [5.74, 6) is -0.510. The smallest absolute Gasteiger partial charge is 0.337 e. The van der Waals surface area contributed by atoms with E-state index in [9.17, 15) is 9.59 Å². The first-order chi connectivity index (χ1) is 17.8. The van der Waals surface area contributed by atoms with Crippen molar-refractivity contribution in [3.8, 4) is 0 Å². The lowest BCUT2D eigenvalue weighted by molar-refractivity contribution is 0.0600. The Labute approximate surface area is 224 Å². The lowest BCUT2D eigenvalue weighted by Crippen LogP contribution is -2.22. The number of hydrogen-bond donors (Lipinski definition) is 2. The van der Waals surface area contributed by atoms with Crippen molar-refractivity contribution in [2.75, 3.05) is 53.0 Å². The number of nitrogens with zero attached hydrogens (tertiary/aromatic N) is 2. The number of ether oxygens (including phenoxy) is 1. The molecule has 0 aliphatic heterocycles. The van der Waals surface area contributed by atoms with E-state index in [1.165, 1.54) is 18.2 Å². The maximum atomic E-state index is 11.2. The molecule has 0 bridgehead atoms. The zero-order chi connectivity index (χ0) is 28.1. The third-order valence-electron chi connectivity index (χ3n) is 5.90. The molecule has 0 saturated heterocycles. The number of methoxy groups -OCH3 is 1. The van der Waals surface area contributed by atoms with E-state index < -0.39 is 6.61 Å². The van der Waals surface area contributed by atoms with Crippen LogP contribution in [0.4, 0.5) is 0 Å². The minimum atomic E-state index is -0.421. The highest BCUT2D eigenvalue weighted by Crippen LogP contribution is 2.09. The van der Waals surface area contributed by atoms with Crippen LogP contribution >= 0.6 is 0 Å². The van der Waals surface area contributed by atoms with E-state index in [1.807, 2.05) is 36.4 Å². The predicted molar refractivity (Wildman–Crippen MR) is 153 cm³/mol. The number of esters is 1. The molecule has 37 heavy (non-hydrogen) atoms. The van der Waals surface area contributed by atoms with Gasteiger partial charge in [-0.05, 0) is 62.5 Å². The van der Waals surface area contributed by atoms with Crippen LogP contribution in [-0.2, 0) is 17.8 Å². The molecule has 0 radical (unpaired) electrons. The van der Waals surface area contributed by atoms with Crippen molar-refractivity contribution >= 4 is 11.8 Å². The van der Waals surface area contributed by atoms with Crippen molar-refractivity contribution in [3.05, 3.63) is 70.8 Å². The molecule has 0 spiro atoms. The molecule has 0 heterocycles. The summed E-state index contributed by atoms with van der Waals surface area (Å²) in [7, 11) is 1.39. The number of Topliss-reactive ketones (excluding diaryl/α,β-unsaturated/α-hetero) is 1. The van der Waals surface area contributed by atoms with Gasteiger partial charge < -0.3 is 15.2 Å². The predicted octanol–water partition coefficient (Wildman–Crippen LogP) is 4.63. The van der Waals surface area contributed by atoms with Gasteiger partial charge in [-0.1, -0.05) is 77.9 Å². The summed E-state index contributed by atoms with van der Waals surface area (Å²) in [6.45, 7) is 20.5. The van der Waals surface area contributed by atoms with Crippen LogP contribution in [0.5, 0.6) is 0 Å². The topological polar surface area (TPSA) is 82.1 Å². The molecule has 2 N–H and O–H groups in total. The van der Waals surface area contributed by atoms with E-state index >= 15 is 0 Å². The molecule has 7 heteroatoms. The van der Waals surface area contributed by atoms with Gasteiger partial charge in [-0.2, -0.15) is 0 Å². The van der Waals surface area contributed by atoms with Crippen molar-refractivity contribution in [1.29, 1.82) is 0 Å². The molecule has 0 aromatic heterocycles. The zero-order valence-electron chi connectivity index (χ0n) is 24.0. The number of rotatable bonds is 13. The second-order valence-electron chi connectivity index (χ2n) is 8.35. The number of ketones is 1. The van der Waals surface area contributed by atoms with E-state index in [1.54, 1.807) is 12.1 Å². The maximum Gasteiger partial charge on any atom is 0.337 e. The average molecular weight is 516 g/mol. The molecular formula is C30H49N3O4. The second-order valence-corrected chi connectivity index (χ2v) is 8.35. The van der Waals surface area contributed by atoms with E-state index in [0.717, 1.165) is 52.4 Å². The fourth-order valence-corrected chi connectivity index (χ4v) is 3.41. The first kappa shape index (κ1) is 34.4. The third-order valence-corrected chi connectivity index (χ3v) is 5.90. The minimum absolute atomic E-state index is 0.227. The molecule has 7 nitrogen and oxygen atoms in total. The minimum Gasteiger partial charge on any atom is -0.465 e. The van der Waals surface area contributed by atoms with Gasteiger partial charge in [0.15, 0.2) is 5.78 Å². The van der Waals surface area contributed by atoms with Crippen LogP contribution in [0, 0.1) is 0 Å². The van der Waals surface area contributed by atoms with Crippen molar-refractivity contribution < 1.29 is 19.4 Å². The van der Waals surface area contributed by atoms with E-state index in [0.29, 0.717) is 11.1 Å². The van der Waals surface area contributed by atoms with Crippen molar-refractivity contribution in [2.24, 2.45) is 0 Å². The molecular weight excluding hydrogens is 466 g/mol. The molecule has 0 unspecified atom stereocenters. The van der Waals surface area contributed by atoms with Crippen molar-refractivity contribution in [3.63, 3.8) is 0 Å². The quantitative estimate of drug-likeness (QED) is 0.297. The van der Waals surface area contributed by atoms with Gasteiger partial charge >= 0.3 is 5.97 Å². The first-order valence-corrected chi connectivity index (χ1v) is 13.4. The Balaban J connectivity index is 0.000000594. The molecule has 2 aromatic rings. The molecule has 0 aliphatic rings. The molecule has 0 fully saturated rings. The van der Waals surface area contributed by atoms with Crippen LogP contribution < -0.4 is 5.32 Å². The zero-order valence-corrected chi connectivity index (χ0v) is 24.0. The Morgan fingerprint density at radius 2 is 1.08 bits per heavy atom. The van der Waals surface area contributed by atoms with Crippen molar-refractivity contribution in [2.45, 2.75) is 54.6 Å². The number of aliphatic hydroxyl groups is 1. The SMILES string of the molecule is CCN(CC)Cc1ccc(C(=O)CO)cc1.CCN(CC)Cc1ccc(C(=O)OC)cc1.CCNCC. The summed E-state index contributed by atoms with van der Waals surface area (Å²) in [5, 5.41) is 11.8. The van der Waals surface area contributed by atoms with Gasteiger partial charge in [0.2, 0.25) is 0 Å². The summed E-state index contributed by atoms with van der Waals surface area (Å²) in [6.07, 6.45) is 0. The van der Waals surface area contributed by atoms with Crippen LogP contribution in [0.3, 0.4) is 0 Å². The second kappa shape index (κ2) is 21.5. The first-order valence-electron chi connectivity index (χ1n) is 13.4. The van der Waals surface area contributed by atoms with Gasteiger partial charge in [0.1, 0.15) is 6.61 Å². The molecule has 0 atom stereocenters. The Hall–Kier alpha value is -2.58. The number of carbonyl (C=O) groups is 2. The molecule has 0 amide bonds. The summed E-state index contributed by atoms with van der Waals surface area (Å²) in [4.78, 5) is 27.1. The van der Waals surface area contributed by atoms with Gasteiger partial charge in [0.05, 0.1) is 12.7 Å². The number of benzene rings is 2. The highest BCUT2D eigenvalue weighted by Gasteiger charge is 2.06. The van der Waals surface area contributed by atoms with E-state index in [4.69, 9.17) is 5.11 Å². The summed E-state index contributed by atoms with van der Waals surface area (Å²) in [5.41, 5.74) is 3.59. The van der Waals surface area contributed by atoms with E-state index in [2.05, 4.69) is 61.4 Å². The van der Waals surface area contributed by atoms with Gasteiger partial charge in [-0.25, -0.2) is 4.79 Å². The molecule has 0 saturated carbocycles. The highest BCUT2D eigenvalue weighted by molar-refractivity contribution is 5.96. The Morgan fingerprint density at radius 1 is 0.703 bits per heavy atom. The third kappa shape index (κ3) is 14.7. The lowest BCUT2D eigenvalue weighted by atomic mass is 10.1. The number of carbonyl (C=O) groups excluding carboxylic acids is 2. The fraction of sp³-hybridized carbons (Fsp3) is 0.533. The summed E-state index contributed by atoms with van der Waals surface area (Å²) < 4.78 is 4.65. The highest BCUT2D eigenvalue weighted by atomic mass is 16.5. The Morgan fingerprint density at radius 3 is 1.35 bits per heavy atom. The largest absolute Gasteiger partial charge is 0.465 e. The maximum absolute atomic E-state index is 11.2. The van der Waals surface area contributed by atoms with Gasteiger partial charge in [-0.15, -0.1) is 0 Å². The van der Waals surface area contributed by atoms with Crippen LogP contribution in [0.1, 0.15) is 73.4 Å². The van der Waals surface area contributed by atoms with Crippen LogP contribution in [0.15, 0.2) is 48.5 Å². The van der Waals surface area contributed by atoms with Gasteiger partial charge in [0, 0.05) is 18.7 Å². The van der Waals surface area contributed by atoms with Crippen LogP contribution in [0.2, 0.25) is 0 Å². The normalized spacial score (nSPS) is 10.3. The molecule has 2 rings (SSSR count). The Bertz CT molecular complexity index is 775. The summed E-state index contributed by atoms with van der Waals surface area (Å²) in [6, 6.07) is 15.0. The lowest BCUT2D eigenvalue weighted by Gasteiger charge is -2.17. The van der Waals surface area contributed by atoms with Crippen LogP contribution in [0.25, 0.3) is 0 Å². The summed E-state index contributed by atoms with van der Waals surface area (Å²) >= 11 is 0. The average Bonchev–Trinajstić information content (AvgIpc) is 2.95. The number of nitrogens with one attached hydrogen (secondary N) is 1. The molecule has 2 aromatic carbocycles. The van der Waals surface area contributed by atoms with Crippen LogP contribution in [-0.4, -0.2) is 79.6 Å².